The second-order valence-electron chi connectivity index (χ2n) is 4.32. The fraction of sp³-hybridized carbons (Fsp3) is 0.0714. The maximum absolute atomic E-state index is 14.2. The third kappa shape index (κ3) is 2.43. The molecule has 0 bridgehead atoms. The van der Waals surface area contributed by atoms with Crippen LogP contribution < -0.4 is 0 Å². The Hall–Kier alpha value is -1.17. The van der Waals surface area contributed by atoms with Gasteiger partial charge in [-0.2, -0.15) is 0 Å². The van der Waals surface area contributed by atoms with Crippen molar-refractivity contribution in [1.82, 2.24) is 9.55 Å². The second-order valence-corrected chi connectivity index (χ2v) is 5.91. The van der Waals surface area contributed by atoms with Crippen molar-refractivity contribution in [3.05, 3.63) is 57.3 Å². The quantitative estimate of drug-likeness (QED) is 0.530. The molecule has 3 rings (SSSR count). The number of alkyl halides is 1. The van der Waals surface area contributed by atoms with E-state index in [0.717, 1.165) is 10.5 Å². The summed E-state index contributed by atoms with van der Waals surface area (Å²) in [6.07, 6.45) is 0. The highest BCUT2D eigenvalue weighted by Gasteiger charge is 2.19. The van der Waals surface area contributed by atoms with Crippen molar-refractivity contribution >= 4 is 50.2 Å². The van der Waals surface area contributed by atoms with Crippen molar-refractivity contribution in [2.45, 2.75) is 5.88 Å². The smallest absolute Gasteiger partial charge is 0.185 e. The predicted octanol–water partition coefficient (Wildman–Crippen LogP) is 5.46. The van der Waals surface area contributed by atoms with Crippen LogP contribution in [0, 0.1) is 11.6 Å². The monoisotopic (exact) mass is 390 g/mol. The standard InChI is InChI=1S/C14H7BrCl2F2N2/c15-7-1-4-11(8(17)5-7)21-12(6-16)20-10-3-2-9(18)13(19)14(10)21/h1-5H,6H2. The Bertz CT molecular complexity index is 849. The van der Waals surface area contributed by atoms with E-state index in [9.17, 15) is 8.78 Å². The summed E-state index contributed by atoms with van der Waals surface area (Å²) in [6, 6.07) is 7.55. The van der Waals surface area contributed by atoms with Gasteiger partial charge in [-0.1, -0.05) is 27.5 Å². The number of nitrogens with zero attached hydrogens (tertiary/aromatic N) is 2. The molecule has 0 fully saturated rings. The molecule has 0 spiro atoms. The van der Waals surface area contributed by atoms with E-state index in [4.69, 9.17) is 23.2 Å². The van der Waals surface area contributed by atoms with Crippen LogP contribution in [-0.2, 0) is 5.88 Å². The SMILES string of the molecule is Fc1ccc2nc(CCl)n(-c3ccc(Br)cc3Cl)c2c1F. The average molecular weight is 392 g/mol. The van der Waals surface area contributed by atoms with Gasteiger partial charge in [0, 0.05) is 4.47 Å². The summed E-state index contributed by atoms with van der Waals surface area (Å²) in [4.78, 5) is 4.23. The molecule has 0 amide bonds. The van der Waals surface area contributed by atoms with Crippen LogP contribution in [0.15, 0.2) is 34.8 Å². The number of imidazole rings is 1. The van der Waals surface area contributed by atoms with Gasteiger partial charge < -0.3 is 0 Å². The molecule has 0 saturated heterocycles. The van der Waals surface area contributed by atoms with E-state index >= 15 is 0 Å². The maximum atomic E-state index is 14.2. The van der Waals surface area contributed by atoms with Gasteiger partial charge >= 0.3 is 0 Å². The van der Waals surface area contributed by atoms with Gasteiger partial charge in [0.15, 0.2) is 11.6 Å². The van der Waals surface area contributed by atoms with Crippen molar-refractivity contribution in [3.8, 4) is 5.69 Å². The fourth-order valence-electron chi connectivity index (χ4n) is 2.16. The van der Waals surface area contributed by atoms with Gasteiger partial charge in [0.1, 0.15) is 11.3 Å². The highest BCUT2D eigenvalue weighted by atomic mass is 79.9. The Balaban J connectivity index is 2.42. The Kier molecular flexibility index (Phi) is 3.90. The fourth-order valence-corrected chi connectivity index (χ4v) is 3.10. The lowest BCUT2D eigenvalue weighted by Gasteiger charge is -2.10. The molecular weight excluding hydrogens is 385 g/mol. The number of fused-ring (bicyclic) bond motifs is 1. The van der Waals surface area contributed by atoms with Crippen molar-refractivity contribution in [1.29, 1.82) is 0 Å². The molecule has 0 aliphatic carbocycles. The topological polar surface area (TPSA) is 17.8 Å². The van der Waals surface area contributed by atoms with Gasteiger partial charge in [-0.05, 0) is 30.3 Å². The van der Waals surface area contributed by atoms with Crippen LogP contribution in [-0.4, -0.2) is 9.55 Å². The van der Waals surface area contributed by atoms with E-state index in [2.05, 4.69) is 20.9 Å². The Labute approximate surface area is 137 Å². The minimum atomic E-state index is -0.977. The second kappa shape index (κ2) is 5.55. The van der Waals surface area contributed by atoms with E-state index in [0.29, 0.717) is 22.1 Å². The Morgan fingerprint density at radius 3 is 2.62 bits per heavy atom. The molecular formula is C14H7BrCl2F2N2. The number of aromatic nitrogens is 2. The first-order valence-electron chi connectivity index (χ1n) is 5.89. The number of halogens is 5. The van der Waals surface area contributed by atoms with Crippen LogP contribution in [0.2, 0.25) is 5.02 Å². The van der Waals surface area contributed by atoms with Crippen molar-refractivity contribution in [3.63, 3.8) is 0 Å². The molecule has 7 heteroatoms. The molecule has 0 unspecified atom stereocenters. The van der Waals surface area contributed by atoms with E-state index in [1.165, 1.54) is 10.6 Å². The molecule has 2 nitrogen and oxygen atoms in total. The lowest BCUT2D eigenvalue weighted by molar-refractivity contribution is 0.514. The largest absolute Gasteiger partial charge is 0.291 e. The zero-order valence-corrected chi connectivity index (χ0v) is 13.5. The van der Waals surface area contributed by atoms with E-state index in [-0.39, 0.29) is 11.4 Å². The minimum absolute atomic E-state index is 0.0230. The Morgan fingerprint density at radius 1 is 1.19 bits per heavy atom. The number of hydrogen-bond donors (Lipinski definition) is 0. The molecule has 0 aliphatic rings. The lowest BCUT2D eigenvalue weighted by atomic mass is 10.2. The molecule has 0 saturated carbocycles. The van der Waals surface area contributed by atoms with Gasteiger partial charge in [-0.15, -0.1) is 11.6 Å². The molecule has 2 aromatic carbocycles. The summed E-state index contributed by atoms with van der Waals surface area (Å²) in [5, 5.41) is 0.374. The molecule has 1 heterocycles. The molecule has 21 heavy (non-hydrogen) atoms. The van der Waals surface area contributed by atoms with Crippen LogP contribution >= 0.6 is 39.1 Å². The zero-order chi connectivity index (χ0) is 15.1. The van der Waals surface area contributed by atoms with Gasteiger partial charge in [0.05, 0.1) is 22.1 Å². The van der Waals surface area contributed by atoms with E-state index < -0.39 is 11.6 Å². The Morgan fingerprint density at radius 2 is 1.95 bits per heavy atom. The van der Waals surface area contributed by atoms with Gasteiger partial charge in [-0.3, -0.25) is 4.57 Å². The molecule has 1 aromatic heterocycles. The third-order valence-corrected chi connectivity index (χ3v) is 4.08. The number of rotatable bonds is 2. The predicted molar refractivity (Wildman–Crippen MR) is 83.3 cm³/mol. The van der Waals surface area contributed by atoms with Crippen LogP contribution in [0.1, 0.15) is 5.82 Å². The first-order chi connectivity index (χ1) is 10.0. The molecule has 108 valence electrons. The van der Waals surface area contributed by atoms with Gasteiger partial charge in [0.2, 0.25) is 0 Å². The van der Waals surface area contributed by atoms with Gasteiger partial charge in [0.25, 0.3) is 0 Å². The summed E-state index contributed by atoms with van der Waals surface area (Å²) < 4.78 is 29.9. The summed E-state index contributed by atoms with van der Waals surface area (Å²) >= 11 is 15.4. The van der Waals surface area contributed by atoms with Crippen molar-refractivity contribution in [2.24, 2.45) is 0 Å². The first-order valence-corrected chi connectivity index (χ1v) is 7.60. The molecule has 0 radical (unpaired) electrons. The van der Waals surface area contributed by atoms with E-state index in [1.807, 2.05) is 0 Å². The van der Waals surface area contributed by atoms with Crippen molar-refractivity contribution in [2.75, 3.05) is 0 Å². The van der Waals surface area contributed by atoms with Gasteiger partial charge in [-0.25, -0.2) is 13.8 Å². The molecule has 0 atom stereocenters. The highest BCUT2D eigenvalue weighted by Crippen LogP contribution is 2.31. The summed E-state index contributed by atoms with van der Waals surface area (Å²) in [5.41, 5.74) is 0.834. The number of benzene rings is 2. The summed E-state index contributed by atoms with van der Waals surface area (Å²) in [7, 11) is 0. The molecule has 3 aromatic rings. The normalized spacial score (nSPS) is 11.3. The number of hydrogen-bond acceptors (Lipinski definition) is 1. The first kappa shape index (κ1) is 14.8. The highest BCUT2D eigenvalue weighted by molar-refractivity contribution is 9.10. The maximum Gasteiger partial charge on any atom is 0.185 e. The third-order valence-electron chi connectivity index (χ3n) is 3.05. The van der Waals surface area contributed by atoms with Crippen molar-refractivity contribution < 1.29 is 8.78 Å². The van der Waals surface area contributed by atoms with Crippen LogP contribution in [0.5, 0.6) is 0 Å². The summed E-state index contributed by atoms with van der Waals surface area (Å²) in [5.74, 6) is -1.49. The van der Waals surface area contributed by atoms with Crippen LogP contribution in [0.3, 0.4) is 0 Å². The van der Waals surface area contributed by atoms with E-state index in [1.54, 1.807) is 18.2 Å². The van der Waals surface area contributed by atoms with Crippen LogP contribution in [0.4, 0.5) is 8.78 Å². The van der Waals surface area contributed by atoms with Crippen LogP contribution in [0.25, 0.3) is 16.7 Å². The minimum Gasteiger partial charge on any atom is -0.291 e. The average Bonchev–Trinajstić information content (AvgIpc) is 2.82. The summed E-state index contributed by atoms with van der Waals surface area (Å²) in [6.45, 7) is 0. The molecule has 0 N–H and O–H groups in total. The lowest BCUT2D eigenvalue weighted by Crippen LogP contribution is -2.02. The zero-order valence-electron chi connectivity index (χ0n) is 10.4. The molecule has 0 aliphatic heterocycles.